The van der Waals surface area contributed by atoms with Gasteiger partial charge in [-0.15, -0.1) is 0 Å². The van der Waals surface area contributed by atoms with Gasteiger partial charge in [0.25, 0.3) is 0 Å². The highest BCUT2D eigenvalue weighted by Crippen LogP contribution is 2.34. The zero-order chi connectivity index (χ0) is 24.3. The van der Waals surface area contributed by atoms with Crippen LogP contribution in [-0.4, -0.2) is 77.2 Å². The van der Waals surface area contributed by atoms with Gasteiger partial charge in [-0.1, -0.05) is 30.3 Å². The third kappa shape index (κ3) is 7.13. The Morgan fingerprint density at radius 3 is 2.22 bits per heavy atom. The Hall–Kier alpha value is -2.78. The minimum absolute atomic E-state index is 0.0556. The highest BCUT2D eigenvalue weighted by molar-refractivity contribution is 5.93. The molecule has 2 aliphatic rings. The number of nitrogens with two attached hydrogens (primary N) is 2. The van der Waals surface area contributed by atoms with E-state index in [4.69, 9.17) is 21.4 Å². The van der Waals surface area contributed by atoms with Crippen LogP contribution in [0.15, 0.2) is 30.3 Å². The fourth-order valence-corrected chi connectivity index (χ4v) is 4.35. The zero-order valence-corrected chi connectivity index (χ0v) is 19.0. The summed E-state index contributed by atoms with van der Waals surface area (Å²) < 4.78 is 0. The quantitative estimate of drug-likeness (QED) is 0.567. The minimum Gasteiger partial charge on any atom is -0.393 e. The van der Waals surface area contributed by atoms with Crippen molar-refractivity contribution in [2.24, 2.45) is 11.5 Å². The van der Waals surface area contributed by atoms with Crippen molar-refractivity contribution in [1.82, 2.24) is 9.80 Å². The molecule has 2 saturated heterocycles. The molecule has 2 fully saturated rings. The number of amides is 3. The Kier molecular flexibility index (Phi) is 11.0. The number of aliphatic hydroxyl groups excluding tert-OH is 1. The lowest BCUT2D eigenvalue weighted by molar-refractivity contribution is -0.146. The molecule has 9 heteroatoms. The van der Waals surface area contributed by atoms with E-state index in [0.29, 0.717) is 19.4 Å². The SMILES string of the molecule is C=O.CN1CCCC1C(=O)N1CCC[C@]1(Cc1ccccc1)C(N)=O.C[C@@H](O)CC(N)=O. The first-order valence-electron chi connectivity index (χ1n) is 10.8. The molecular weight excluding hydrogens is 412 g/mol. The maximum Gasteiger partial charge on any atom is 0.243 e. The van der Waals surface area contributed by atoms with Crippen LogP contribution in [0.2, 0.25) is 0 Å². The number of rotatable bonds is 6. The molecule has 3 amide bonds. The molecular formula is C23H36N4O5. The highest BCUT2D eigenvalue weighted by Gasteiger charge is 2.50. The van der Waals surface area contributed by atoms with E-state index >= 15 is 0 Å². The topological polar surface area (TPSA) is 147 Å². The van der Waals surface area contributed by atoms with E-state index < -0.39 is 17.6 Å². The summed E-state index contributed by atoms with van der Waals surface area (Å²) in [6.45, 7) is 5.08. The molecule has 0 radical (unpaired) electrons. The van der Waals surface area contributed by atoms with Gasteiger partial charge >= 0.3 is 0 Å². The lowest BCUT2D eigenvalue weighted by Gasteiger charge is -2.38. The van der Waals surface area contributed by atoms with Crippen molar-refractivity contribution in [3.05, 3.63) is 35.9 Å². The van der Waals surface area contributed by atoms with Crippen molar-refractivity contribution in [1.29, 1.82) is 0 Å². The Labute approximate surface area is 189 Å². The zero-order valence-electron chi connectivity index (χ0n) is 19.0. The van der Waals surface area contributed by atoms with E-state index in [9.17, 15) is 14.4 Å². The normalized spacial score (nSPS) is 23.3. The van der Waals surface area contributed by atoms with Crippen LogP contribution in [0.4, 0.5) is 0 Å². The molecule has 9 nitrogen and oxygen atoms in total. The van der Waals surface area contributed by atoms with Crippen molar-refractivity contribution in [3.63, 3.8) is 0 Å². The second kappa shape index (κ2) is 12.9. The number of aliphatic hydroxyl groups is 1. The van der Waals surface area contributed by atoms with Crippen LogP contribution in [0.25, 0.3) is 0 Å². The minimum atomic E-state index is -0.873. The molecule has 3 atom stereocenters. The molecule has 178 valence electrons. The number of likely N-dealkylation sites (tertiary alicyclic amines) is 2. The maximum absolute atomic E-state index is 13.0. The Morgan fingerprint density at radius 2 is 1.78 bits per heavy atom. The molecule has 1 aromatic rings. The largest absolute Gasteiger partial charge is 0.393 e. The number of carbonyl (C=O) groups is 4. The summed E-state index contributed by atoms with van der Waals surface area (Å²) >= 11 is 0. The predicted octanol–water partition coefficient (Wildman–Crippen LogP) is 0.228. The van der Waals surface area contributed by atoms with Crippen LogP contribution in [0, 0.1) is 0 Å². The van der Waals surface area contributed by atoms with Crippen LogP contribution in [-0.2, 0) is 25.6 Å². The van der Waals surface area contributed by atoms with Gasteiger partial charge in [0.2, 0.25) is 17.7 Å². The first kappa shape index (κ1) is 27.3. The lowest BCUT2D eigenvalue weighted by Crippen LogP contribution is -2.60. The van der Waals surface area contributed by atoms with Gasteiger partial charge in [-0.05, 0) is 51.8 Å². The first-order chi connectivity index (χ1) is 15.2. The summed E-state index contributed by atoms with van der Waals surface area (Å²) in [6, 6.07) is 9.74. The van der Waals surface area contributed by atoms with Gasteiger partial charge in [0, 0.05) is 13.0 Å². The van der Waals surface area contributed by atoms with Crippen LogP contribution in [0.1, 0.15) is 44.6 Å². The monoisotopic (exact) mass is 448 g/mol. The molecule has 32 heavy (non-hydrogen) atoms. The van der Waals surface area contributed by atoms with E-state index in [1.54, 1.807) is 4.90 Å². The predicted molar refractivity (Wildman–Crippen MR) is 121 cm³/mol. The van der Waals surface area contributed by atoms with Crippen LogP contribution in [0.3, 0.4) is 0 Å². The van der Waals surface area contributed by atoms with Gasteiger partial charge in [-0.2, -0.15) is 0 Å². The average molecular weight is 449 g/mol. The summed E-state index contributed by atoms with van der Waals surface area (Å²) in [7, 11) is 1.98. The van der Waals surface area contributed by atoms with E-state index in [-0.39, 0.29) is 24.3 Å². The molecule has 0 saturated carbocycles. The number of hydrogen-bond donors (Lipinski definition) is 3. The number of benzene rings is 1. The van der Waals surface area contributed by atoms with Gasteiger partial charge in [0.15, 0.2) is 0 Å². The fraction of sp³-hybridized carbons (Fsp3) is 0.565. The summed E-state index contributed by atoms with van der Waals surface area (Å²) in [6.07, 6.45) is 3.34. The molecule has 5 N–H and O–H groups in total. The summed E-state index contributed by atoms with van der Waals surface area (Å²) in [5.41, 5.74) is 10.7. The molecule has 2 aliphatic heterocycles. The molecule has 0 spiro atoms. The van der Waals surface area contributed by atoms with Gasteiger partial charge in [-0.25, -0.2) is 0 Å². The third-order valence-electron chi connectivity index (χ3n) is 5.85. The molecule has 3 rings (SSSR count). The maximum atomic E-state index is 13.0. The summed E-state index contributed by atoms with van der Waals surface area (Å²) in [5, 5.41) is 8.42. The van der Waals surface area contributed by atoms with E-state index in [1.165, 1.54) is 6.92 Å². The third-order valence-corrected chi connectivity index (χ3v) is 5.85. The molecule has 0 aromatic heterocycles. The summed E-state index contributed by atoms with van der Waals surface area (Å²) in [5.74, 6) is -0.778. The average Bonchev–Trinajstić information content (AvgIpc) is 3.36. The number of primary amides is 2. The molecule has 0 bridgehead atoms. The van der Waals surface area contributed by atoms with Gasteiger partial charge < -0.3 is 26.3 Å². The second-order valence-corrected chi connectivity index (χ2v) is 8.31. The van der Waals surface area contributed by atoms with Gasteiger partial charge in [0.05, 0.1) is 18.6 Å². The smallest absolute Gasteiger partial charge is 0.243 e. The number of nitrogens with zero attached hydrogens (tertiary/aromatic N) is 2. The second-order valence-electron chi connectivity index (χ2n) is 8.31. The van der Waals surface area contributed by atoms with Crippen molar-refractivity contribution >= 4 is 24.5 Å². The Bertz CT molecular complexity index is 758. The first-order valence-corrected chi connectivity index (χ1v) is 10.8. The molecule has 1 unspecified atom stereocenters. The van der Waals surface area contributed by atoms with Gasteiger partial charge in [0.1, 0.15) is 12.3 Å². The number of carbonyl (C=O) groups excluding carboxylic acids is 4. The standard InChI is InChI=1S/C18H25N3O2.C4H9NO2.CH2O/c1-20-11-5-9-15(20)16(22)21-12-6-10-18(21,17(19)23)13-14-7-3-2-4-8-14;1-3(6)2-4(5)7;1-2/h2-4,7-8,15H,5-6,9-13H2,1H3,(H2,19,23);3,6H,2H2,1H3,(H2,5,7);1H2/t15?,18-;3-;/m01./s1. The van der Waals surface area contributed by atoms with Gasteiger partial charge in [-0.3, -0.25) is 19.3 Å². The van der Waals surface area contributed by atoms with E-state index in [0.717, 1.165) is 31.4 Å². The fourth-order valence-electron chi connectivity index (χ4n) is 4.35. The number of hydrogen-bond acceptors (Lipinski definition) is 6. The van der Waals surface area contributed by atoms with Crippen molar-refractivity contribution in [2.45, 2.75) is 63.1 Å². The Balaban J connectivity index is 0.000000488. The van der Waals surface area contributed by atoms with Crippen molar-refractivity contribution in [2.75, 3.05) is 20.1 Å². The van der Waals surface area contributed by atoms with Crippen molar-refractivity contribution < 1.29 is 24.3 Å². The van der Waals surface area contributed by atoms with E-state index in [1.807, 2.05) is 44.2 Å². The molecule has 2 heterocycles. The molecule has 1 aromatic carbocycles. The Morgan fingerprint density at radius 1 is 1.16 bits per heavy atom. The van der Waals surface area contributed by atoms with E-state index in [2.05, 4.69) is 4.90 Å². The van der Waals surface area contributed by atoms with Crippen LogP contribution in [0.5, 0.6) is 0 Å². The number of likely N-dealkylation sites (N-methyl/N-ethyl adjacent to an activating group) is 1. The highest BCUT2D eigenvalue weighted by atomic mass is 16.3. The molecule has 0 aliphatic carbocycles. The van der Waals surface area contributed by atoms with Crippen LogP contribution < -0.4 is 11.5 Å². The van der Waals surface area contributed by atoms with Crippen LogP contribution >= 0.6 is 0 Å². The lowest BCUT2D eigenvalue weighted by atomic mass is 9.87. The van der Waals surface area contributed by atoms with Crippen molar-refractivity contribution in [3.8, 4) is 0 Å². The summed E-state index contributed by atoms with van der Waals surface area (Å²) in [4.78, 5) is 47.1.